The second kappa shape index (κ2) is 12.7. The molecule has 5 aromatic carbocycles. The third-order valence-corrected chi connectivity index (χ3v) is 10.1. The highest BCUT2D eigenvalue weighted by Crippen LogP contribution is 2.39. The first kappa shape index (κ1) is 30.0. The molecule has 0 radical (unpaired) electrons. The van der Waals surface area contributed by atoms with Crippen LogP contribution in [0.3, 0.4) is 0 Å². The number of allylic oxidation sites excluding steroid dienone is 7. The van der Waals surface area contributed by atoms with E-state index in [9.17, 15) is 0 Å². The van der Waals surface area contributed by atoms with Crippen LogP contribution < -0.4 is 10.6 Å². The van der Waals surface area contributed by atoms with Gasteiger partial charge in [0.05, 0.1) is 11.7 Å². The van der Waals surface area contributed by atoms with Crippen molar-refractivity contribution in [3.8, 4) is 0 Å². The Labute approximate surface area is 284 Å². The van der Waals surface area contributed by atoms with Gasteiger partial charge in [-0.3, -0.25) is 5.32 Å². The van der Waals surface area contributed by atoms with E-state index in [0.717, 1.165) is 0 Å². The SMILES string of the molecule is CC1C=CC=C/C1=C(/NC(C)c1ccc2ccccc2c1)c1cccc(C2=C3C=CC=CC3NC(c3ccc4ccccc4c3)N2C)c1. The van der Waals surface area contributed by atoms with Crippen LogP contribution in [-0.4, -0.2) is 18.0 Å². The molecule has 3 nitrogen and oxygen atoms in total. The summed E-state index contributed by atoms with van der Waals surface area (Å²) < 4.78 is 0. The first-order valence-corrected chi connectivity index (χ1v) is 17.1. The number of benzene rings is 5. The van der Waals surface area contributed by atoms with Gasteiger partial charge in [0.2, 0.25) is 0 Å². The normalized spacial score (nSPS) is 21.9. The topological polar surface area (TPSA) is 27.3 Å². The summed E-state index contributed by atoms with van der Waals surface area (Å²) in [5, 5.41) is 13.0. The van der Waals surface area contributed by atoms with Gasteiger partial charge in [0.25, 0.3) is 0 Å². The molecule has 2 aliphatic carbocycles. The fraction of sp³-hybridized carbons (Fsp3) is 0.156. The molecule has 3 heteroatoms. The molecule has 0 spiro atoms. The highest BCUT2D eigenvalue weighted by atomic mass is 15.3. The van der Waals surface area contributed by atoms with E-state index >= 15 is 0 Å². The van der Waals surface area contributed by atoms with Gasteiger partial charge in [-0.1, -0.05) is 147 Å². The quantitative estimate of drug-likeness (QED) is 0.197. The summed E-state index contributed by atoms with van der Waals surface area (Å²) in [6.45, 7) is 4.55. The van der Waals surface area contributed by atoms with Crippen molar-refractivity contribution in [2.24, 2.45) is 5.92 Å². The van der Waals surface area contributed by atoms with Crippen molar-refractivity contribution >= 4 is 32.9 Å². The van der Waals surface area contributed by atoms with Crippen LogP contribution in [0, 0.1) is 5.92 Å². The number of hydrogen-bond acceptors (Lipinski definition) is 3. The third kappa shape index (κ3) is 5.61. The summed E-state index contributed by atoms with van der Waals surface area (Å²) in [4.78, 5) is 2.42. The van der Waals surface area contributed by atoms with Crippen molar-refractivity contribution < 1.29 is 0 Å². The molecule has 1 aliphatic heterocycles. The van der Waals surface area contributed by atoms with E-state index < -0.39 is 0 Å². The number of nitrogens with zero attached hydrogens (tertiary/aromatic N) is 1. The molecule has 3 aliphatic rings. The van der Waals surface area contributed by atoms with Crippen molar-refractivity contribution in [1.29, 1.82) is 0 Å². The molecule has 0 fully saturated rings. The van der Waals surface area contributed by atoms with Crippen molar-refractivity contribution in [1.82, 2.24) is 15.5 Å². The molecule has 8 rings (SSSR count). The van der Waals surface area contributed by atoms with Crippen LogP contribution in [-0.2, 0) is 0 Å². The molecule has 0 saturated heterocycles. The fourth-order valence-electron chi connectivity index (χ4n) is 7.48. The lowest BCUT2D eigenvalue weighted by Gasteiger charge is -2.42. The Hall–Kier alpha value is -5.38. The van der Waals surface area contributed by atoms with Crippen LogP contribution in [0.4, 0.5) is 0 Å². The molecule has 5 aromatic rings. The second-order valence-electron chi connectivity index (χ2n) is 13.2. The van der Waals surface area contributed by atoms with Crippen LogP contribution >= 0.6 is 0 Å². The molecule has 0 amide bonds. The summed E-state index contributed by atoms with van der Waals surface area (Å²) in [5.74, 6) is 0.293. The molecule has 236 valence electrons. The van der Waals surface area contributed by atoms with Crippen molar-refractivity contribution in [2.45, 2.75) is 32.1 Å². The van der Waals surface area contributed by atoms with Gasteiger partial charge in [-0.2, -0.15) is 0 Å². The number of hydrogen-bond donors (Lipinski definition) is 2. The molecular formula is C45H41N3. The molecular weight excluding hydrogens is 583 g/mol. The van der Waals surface area contributed by atoms with E-state index in [4.69, 9.17) is 0 Å². The predicted molar refractivity (Wildman–Crippen MR) is 203 cm³/mol. The molecule has 4 unspecified atom stereocenters. The summed E-state index contributed by atoms with van der Waals surface area (Å²) in [6.07, 6.45) is 17.7. The highest BCUT2D eigenvalue weighted by Gasteiger charge is 2.32. The summed E-state index contributed by atoms with van der Waals surface area (Å²) >= 11 is 0. The first-order chi connectivity index (χ1) is 23.5. The van der Waals surface area contributed by atoms with E-state index in [1.165, 1.54) is 66.3 Å². The van der Waals surface area contributed by atoms with E-state index in [2.05, 4.69) is 194 Å². The Morgan fingerprint density at radius 2 is 1.42 bits per heavy atom. The third-order valence-electron chi connectivity index (χ3n) is 10.1. The maximum absolute atomic E-state index is 3.99. The number of rotatable bonds is 6. The van der Waals surface area contributed by atoms with Crippen molar-refractivity contribution in [2.75, 3.05) is 7.05 Å². The average Bonchev–Trinajstić information content (AvgIpc) is 3.13. The summed E-state index contributed by atoms with van der Waals surface area (Å²) in [7, 11) is 2.22. The Morgan fingerprint density at radius 1 is 0.708 bits per heavy atom. The zero-order valence-corrected chi connectivity index (χ0v) is 27.8. The van der Waals surface area contributed by atoms with Gasteiger partial charge in [-0.15, -0.1) is 0 Å². The van der Waals surface area contributed by atoms with Crippen LogP contribution in [0.1, 0.15) is 48.3 Å². The van der Waals surface area contributed by atoms with Gasteiger partial charge in [-0.25, -0.2) is 0 Å². The van der Waals surface area contributed by atoms with E-state index in [-0.39, 0.29) is 18.2 Å². The molecule has 1 heterocycles. The largest absolute Gasteiger partial charge is 0.378 e. The first-order valence-electron chi connectivity index (χ1n) is 17.1. The van der Waals surface area contributed by atoms with Gasteiger partial charge >= 0.3 is 0 Å². The molecule has 0 aromatic heterocycles. The summed E-state index contributed by atoms with van der Waals surface area (Å²) in [5.41, 5.74) is 9.94. The lowest BCUT2D eigenvalue weighted by Crippen LogP contribution is -2.46. The molecule has 0 saturated carbocycles. The lowest BCUT2D eigenvalue weighted by atomic mass is 9.88. The highest BCUT2D eigenvalue weighted by molar-refractivity contribution is 5.85. The molecule has 48 heavy (non-hydrogen) atoms. The van der Waals surface area contributed by atoms with Crippen molar-refractivity contribution in [3.63, 3.8) is 0 Å². The van der Waals surface area contributed by atoms with Gasteiger partial charge in [0.1, 0.15) is 6.17 Å². The second-order valence-corrected chi connectivity index (χ2v) is 13.2. The van der Waals surface area contributed by atoms with Gasteiger partial charge in [0, 0.05) is 24.7 Å². The number of fused-ring (bicyclic) bond motifs is 3. The van der Waals surface area contributed by atoms with Crippen LogP contribution in [0.25, 0.3) is 32.9 Å². The Morgan fingerprint density at radius 3 is 2.21 bits per heavy atom. The molecule has 4 atom stereocenters. The minimum Gasteiger partial charge on any atom is -0.378 e. The zero-order valence-electron chi connectivity index (χ0n) is 27.8. The van der Waals surface area contributed by atoms with Crippen LogP contribution in [0.15, 0.2) is 169 Å². The van der Waals surface area contributed by atoms with Gasteiger partial charge < -0.3 is 10.2 Å². The fourth-order valence-corrected chi connectivity index (χ4v) is 7.48. The maximum Gasteiger partial charge on any atom is 0.106 e. The Kier molecular flexibility index (Phi) is 7.92. The molecule has 0 bridgehead atoms. The monoisotopic (exact) mass is 623 g/mol. The van der Waals surface area contributed by atoms with Crippen LogP contribution in [0.5, 0.6) is 0 Å². The average molecular weight is 624 g/mol. The van der Waals surface area contributed by atoms with Crippen LogP contribution in [0.2, 0.25) is 0 Å². The van der Waals surface area contributed by atoms with E-state index in [1.54, 1.807) is 0 Å². The lowest BCUT2D eigenvalue weighted by molar-refractivity contribution is 0.270. The number of nitrogens with one attached hydrogen (secondary N) is 2. The predicted octanol–water partition coefficient (Wildman–Crippen LogP) is 10.3. The van der Waals surface area contributed by atoms with E-state index in [1.807, 2.05) is 0 Å². The smallest absolute Gasteiger partial charge is 0.106 e. The minimum atomic E-state index is 0.0217. The Balaban J connectivity index is 1.20. The van der Waals surface area contributed by atoms with Crippen molar-refractivity contribution in [3.05, 3.63) is 191 Å². The standard InChI is InChI=1S/C45H41N3/c1-30-13-4-9-20-40(30)43(46-31(2)34-25-23-32-14-5-7-16-35(32)27-34)37-18-12-19-38(29-37)44-41-21-10-11-22-42(41)47-45(48(44)3)39-26-24-33-15-6-8-17-36(33)28-39/h4-31,42,45-47H,1-3H3/b43-40-. The zero-order chi connectivity index (χ0) is 32.6. The van der Waals surface area contributed by atoms with E-state index in [0.29, 0.717) is 5.92 Å². The minimum absolute atomic E-state index is 0.0217. The van der Waals surface area contributed by atoms with Gasteiger partial charge in [-0.05, 0) is 80.1 Å². The Bertz CT molecular complexity index is 2210. The van der Waals surface area contributed by atoms with Gasteiger partial charge in [0.15, 0.2) is 0 Å². The summed E-state index contributed by atoms with van der Waals surface area (Å²) in [6, 6.07) is 40.2. The maximum atomic E-state index is 3.99. The molecule has 2 N–H and O–H groups in total.